The van der Waals surface area contributed by atoms with Crippen LogP contribution >= 0.6 is 0 Å². The number of rotatable bonds is 4. The average Bonchev–Trinajstić information content (AvgIpc) is 3.41. The summed E-state index contributed by atoms with van der Waals surface area (Å²) in [5.74, 6) is 0.463. The maximum absolute atomic E-state index is 13.1. The van der Waals surface area contributed by atoms with E-state index in [2.05, 4.69) is 50.1 Å². The number of aromatic amines is 1. The van der Waals surface area contributed by atoms with Crippen LogP contribution in [0.1, 0.15) is 29.2 Å². The van der Waals surface area contributed by atoms with Crippen LogP contribution in [0.4, 0.5) is 0 Å². The molecular formula is C23H25N5O. The third kappa shape index (κ3) is 3.56. The van der Waals surface area contributed by atoms with Crippen molar-refractivity contribution >= 4 is 5.91 Å². The average molecular weight is 387 g/mol. The first-order chi connectivity index (χ1) is 14.3. The number of hydrogen-bond acceptors (Lipinski definition) is 4. The Morgan fingerprint density at radius 3 is 2.72 bits per heavy atom. The monoisotopic (exact) mass is 387 g/mol. The quantitative estimate of drug-likeness (QED) is 0.642. The van der Waals surface area contributed by atoms with Gasteiger partial charge < -0.3 is 10.6 Å². The van der Waals surface area contributed by atoms with Crippen molar-refractivity contribution in [1.29, 1.82) is 0 Å². The third-order valence-corrected chi connectivity index (χ3v) is 6.24. The van der Waals surface area contributed by atoms with E-state index in [1.165, 1.54) is 11.1 Å². The lowest BCUT2D eigenvalue weighted by Gasteiger charge is -2.26. The normalized spacial score (nSPS) is 23.5. The maximum atomic E-state index is 13.1. The molecule has 0 unspecified atom stereocenters. The number of aryl methyl sites for hydroxylation is 1. The van der Waals surface area contributed by atoms with Crippen molar-refractivity contribution in [3.63, 3.8) is 0 Å². The van der Waals surface area contributed by atoms with E-state index < -0.39 is 0 Å². The van der Waals surface area contributed by atoms with Gasteiger partial charge in [-0.1, -0.05) is 30.3 Å². The lowest BCUT2D eigenvalue weighted by Crippen LogP contribution is -2.43. The fourth-order valence-corrected chi connectivity index (χ4v) is 4.65. The molecule has 1 aliphatic carbocycles. The van der Waals surface area contributed by atoms with Crippen LogP contribution in [0.25, 0.3) is 11.3 Å². The van der Waals surface area contributed by atoms with E-state index in [0.717, 1.165) is 49.3 Å². The van der Waals surface area contributed by atoms with E-state index in [0.29, 0.717) is 5.92 Å². The Kier molecular flexibility index (Phi) is 4.86. The highest BCUT2D eigenvalue weighted by Crippen LogP contribution is 2.32. The van der Waals surface area contributed by atoms with Crippen LogP contribution in [0.2, 0.25) is 0 Å². The smallest absolute Gasteiger partial charge is 0.223 e. The summed E-state index contributed by atoms with van der Waals surface area (Å²) in [7, 11) is 0. The molecule has 29 heavy (non-hydrogen) atoms. The molecule has 2 aliphatic rings. The summed E-state index contributed by atoms with van der Waals surface area (Å²) in [6.07, 6.45) is 6.00. The van der Waals surface area contributed by atoms with Gasteiger partial charge in [-0.25, -0.2) is 0 Å². The van der Waals surface area contributed by atoms with Gasteiger partial charge in [0.25, 0.3) is 0 Å². The Morgan fingerprint density at radius 2 is 1.90 bits per heavy atom. The molecule has 1 aromatic carbocycles. The van der Waals surface area contributed by atoms with Crippen LogP contribution in [0, 0.1) is 5.92 Å². The molecule has 1 amide bonds. The van der Waals surface area contributed by atoms with Gasteiger partial charge in [-0.3, -0.25) is 14.9 Å². The molecule has 3 aromatic rings. The zero-order valence-electron chi connectivity index (χ0n) is 16.3. The lowest BCUT2D eigenvalue weighted by atomic mass is 9.84. The molecule has 3 heterocycles. The number of H-pyrrole nitrogens is 1. The van der Waals surface area contributed by atoms with Gasteiger partial charge in [-0.15, -0.1) is 0 Å². The van der Waals surface area contributed by atoms with Gasteiger partial charge in [0.2, 0.25) is 5.91 Å². The molecule has 6 heteroatoms. The van der Waals surface area contributed by atoms with Crippen LogP contribution in [-0.4, -0.2) is 40.2 Å². The van der Waals surface area contributed by atoms with Gasteiger partial charge in [0.1, 0.15) is 0 Å². The summed E-state index contributed by atoms with van der Waals surface area (Å²) in [6, 6.07) is 14.5. The van der Waals surface area contributed by atoms with Crippen molar-refractivity contribution in [2.45, 2.75) is 31.2 Å². The molecule has 0 bridgehead atoms. The molecule has 3 atom stereocenters. The largest absolute Gasteiger partial charge is 0.351 e. The molecule has 6 nitrogen and oxygen atoms in total. The highest BCUT2D eigenvalue weighted by atomic mass is 16.2. The molecule has 0 spiro atoms. The minimum absolute atomic E-state index is 0.0160. The second-order valence-corrected chi connectivity index (χ2v) is 8.00. The van der Waals surface area contributed by atoms with Crippen molar-refractivity contribution in [1.82, 2.24) is 25.8 Å². The van der Waals surface area contributed by atoms with Gasteiger partial charge in [-0.05, 0) is 37.0 Å². The van der Waals surface area contributed by atoms with E-state index in [1.54, 1.807) is 12.4 Å². The van der Waals surface area contributed by atoms with Gasteiger partial charge in [0.15, 0.2) is 0 Å². The Labute approximate surface area is 170 Å². The van der Waals surface area contributed by atoms with Crippen molar-refractivity contribution in [2.75, 3.05) is 13.1 Å². The van der Waals surface area contributed by atoms with Gasteiger partial charge >= 0.3 is 0 Å². The van der Waals surface area contributed by atoms with E-state index in [4.69, 9.17) is 0 Å². The van der Waals surface area contributed by atoms with Crippen LogP contribution < -0.4 is 10.6 Å². The fraction of sp³-hybridized carbons (Fsp3) is 0.348. The first-order valence-corrected chi connectivity index (χ1v) is 10.3. The molecule has 1 aliphatic heterocycles. The molecule has 2 aromatic heterocycles. The number of nitrogens with zero attached hydrogens (tertiary/aromatic N) is 2. The summed E-state index contributed by atoms with van der Waals surface area (Å²) in [5.41, 5.74) is 5.60. The summed E-state index contributed by atoms with van der Waals surface area (Å²) < 4.78 is 0. The number of fused-ring (bicyclic) bond motifs is 1. The van der Waals surface area contributed by atoms with E-state index >= 15 is 0 Å². The minimum atomic E-state index is -0.0160. The zero-order chi connectivity index (χ0) is 19.6. The number of carbonyl (C=O) groups excluding carboxylic acids is 1. The second-order valence-electron chi connectivity index (χ2n) is 8.00. The second kappa shape index (κ2) is 7.79. The standard InChI is InChI=1S/C23H25N5O/c29-23(26-21-14-25-13-19(21)15-4-2-1-3-5-15)17-6-7-20-18(12-17)22(28-27-20)16-8-10-24-11-9-16/h1-5,8-11,17,19,21,25H,6-7,12-14H2,(H,26,29)(H,27,28)/t17-,19-,21+/m0/s1. The van der Waals surface area contributed by atoms with Gasteiger partial charge in [-0.2, -0.15) is 5.10 Å². The summed E-state index contributed by atoms with van der Waals surface area (Å²) in [4.78, 5) is 17.2. The lowest BCUT2D eigenvalue weighted by molar-refractivity contribution is -0.126. The van der Waals surface area contributed by atoms with E-state index in [1.807, 2.05) is 18.2 Å². The number of aromatic nitrogens is 3. The topological polar surface area (TPSA) is 82.7 Å². The molecule has 1 fully saturated rings. The third-order valence-electron chi connectivity index (χ3n) is 6.24. The molecule has 5 rings (SSSR count). The Bertz CT molecular complexity index is 985. The predicted molar refractivity (Wildman–Crippen MR) is 111 cm³/mol. The number of amides is 1. The Hall–Kier alpha value is -2.99. The summed E-state index contributed by atoms with van der Waals surface area (Å²) >= 11 is 0. The number of benzene rings is 1. The summed E-state index contributed by atoms with van der Waals surface area (Å²) in [5, 5.41) is 14.5. The predicted octanol–water partition coefficient (Wildman–Crippen LogP) is 2.45. The number of hydrogen-bond donors (Lipinski definition) is 3. The fourth-order valence-electron chi connectivity index (χ4n) is 4.65. The SMILES string of the molecule is O=C(N[C@@H]1CNC[C@H]1c1ccccc1)[C@H]1CCc2[nH]nc(-c3ccncc3)c2C1. The highest BCUT2D eigenvalue weighted by molar-refractivity contribution is 5.80. The molecule has 148 valence electrons. The molecule has 0 saturated carbocycles. The molecule has 1 saturated heterocycles. The van der Waals surface area contributed by atoms with E-state index in [9.17, 15) is 4.79 Å². The van der Waals surface area contributed by atoms with Crippen LogP contribution in [0.3, 0.4) is 0 Å². The van der Waals surface area contributed by atoms with Crippen molar-refractivity contribution in [3.05, 3.63) is 71.7 Å². The van der Waals surface area contributed by atoms with Crippen molar-refractivity contribution < 1.29 is 4.79 Å². The minimum Gasteiger partial charge on any atom is -0.351 e. The van der Waals surface area contributed by atoms with Crippen molar-refractivity contribution in [3.8, 4) is 11.3 Å². The molecular weight excluding hydrogens is 362 g/mol. The number of carbonyl (C=O) groups is 1. The summed E-state index contributed by atoms with van der Waals surface area (Å²) in [6.45, 7) is 1.72. The first kappa shape index (κ1) is 18.1. The Morgan fingerprint density at radius 1 is 1.07 bits per heavy atom. The van der Waals surface area contributed by atoms with Gasteiger partial charge in [0.05, 0.1) is 5.69 Å². The molecule has 0 radical (unpaired) electrons. The van der Waals surface area contributed by atoms with Crippen LogP contribution in [0.15, 0.2) is 54.9 Å². The van der Waals surface area contributed by atoms with Crippen molar-refractivity contribution in [2.24, 2.45) is 5.92 Å². The van der Waals surface area contributed by atoms with Crippen LogP contribution in [-0.2, 0) is 17.6 Å². The number of pyridine rings is 1. The maximum Gasteiger partial charge on any atom is 0.223 e. The van der Waals surface area contributed by atoms with Gasteiger partial charge in [0, 0.05) is 60.2 Å². The molecule has 3 N–H and O–H groups in total. The first-order valence-electron chi connectivity index (χ1n) is 10.3. The van der Waals surface area contributed by atoms with E-state index in [-0.39, 0.29) is 17.9 Å². The zero-order valence-corrected chi connectivity index (χ0v) is 16.3. The van der Waals surface area contributed by atoms with Crippen LogP contribution in [0.5, 0.6) is 0 Å². The Balaban J connectivity index is 1.31. The number of nitrogens with one attached hydrogen (secondary N) is 3. The highest BCUT2D eigenvalue weighted by Gasteiger charge is 2.34.